The number of nitriles is 1. The number of nitro benzene ring substituents is 1. The Hall–Kier alpha value is -2.13. The quantitative estimate of drug-likeness (QED) is 0.635. The van der Waals surface area contributed by atoms with E-state index in [9.17, 15) is 15.4 Å². The van der Waals surface area contributed by atoms with E-state index in [0.717, 1.165) is 31.9 Å². The summed E-state index contributed by atoms with van der Waals surface area (Å²) in [5.74, 6) is 1.25. The third-order valence-electron chi connectivity index (χ3n) is 4.04. The topological polar surface area (TPSA) is 82.2 Å². The minimum absolute atomic E-state index is 0.0265. The van der Waals surface area contributed by atoms with Crippen LogP contribution in [0.4, 0.5) is 11.4 Å². The number of nitrogens with one attached hydrogen (secondary N) is 1. The van der Waals surface area contributed by atoms with Crippen LogP contribution in [-0.4, -0.2) is 31.1 Å². The van der Waals surface area contributed by atoms with Gasteiger partial charge < -0.3 is 10.2 Å². The summed E-state index contributed by atoms with van der Waals surface area (Å²) in [6.45, 7) is 3.89. The predicted octanol–water partition coefficient (Wildman–Crippen LogP) is 1.12. The number of nitrogens with zero attached hydrogens (tertiary/aromatic N) is 3. The zero-order valence-electron chi connectivity index (χ0n) is 10.4. The fourth-order valence-corrected chi connectivity index (χ4v) is 3.05. The maximum absolute atomic E-state index is 10.7. The first-order valence-corrected chi connectivity index (χ1v) is 6.33. The van der Waals surface area contributed by atoms with E-state index in [-0.39, 0.29) is 5.69 Å². The van der Waals surface area contributed by atoms with Crippen molar-refractivity contribution in [3.8, 4) is 6.07 Å². The molecule has 0 aliphatic carbocycles. The number of anilines is 1. The van der Waals surface area contributed by atoms with E-state index in [1.807, 2.05) is 0 Å². The lowest BCUT2D eigenvalue weighted by atomic mass is 10.0. The number of nitro groups is 1. The Balaban J connectivity index is 1.89. The first-order chi connectivity index (χ1) is 9.19. The highest BCUT2D eigenvalue weighted by Gasteiger charge is 2.36. The van der Waals surface area contributed by atoms with Crippen LogP contribution in [-0.2, 0) is 0 Å². The molecular formula is C13H14N4O2. The largest absolute Gasteiger partial charge is 0.370 e. The molecule has 0 radical (unpaired) electrons. The SMILES string of the molecule is N#Cc1cc([N+](=O)[O-])ccc1N1CC2CNCC2C1. The number of benzene rings is 1. The molecule has 2 heterocycles. The zero-order valence-corrected chi connectivity index (χ0v) is 10.4. The fraction of sp³-hybridized carbons (Fsp3) is 0.462. The van der Waals surface area contributed by atoms with Gasteiger partial charge in [0, 0.05) is 38.3 Å². The van der Waals surface area contributed by atoms with Gasteiger partial charge in [0.05, 0.1) is 16.2 Å². The number of hydrogen-bond donors (Lipinski definition) is 1. The van der Waals surface area contributed by atoms with E-state index in [2.05, 4.69) is 16.3 Å². The van der Waals surface area contributed by atoms with Gasteiger partial charge in [0.2, 0.25) is 0 Å². The van der Waals surface area contributed by atoms with Crippen molar-refractivity contribution in [1.29, 1.82) is 5.26 Å². The van der Waals surface area contributed by atoms with Gasteiger partial charge in [-0.05, 0) is 17.9 Å². The van der Waals surface area contributed by atoms with E-state index in [1.54, 1.807) is 6.07 Å². The first-order valence-electron chi connectivity index (χ1n) is 6.33. The van der Waals surface area contributed by atoms with Gasteiger partial charge in [-0.1, -0.05) is 0 Å². The van der Waals surface area contributed by atoms with Crippen LogP contribution in [0, 0.1) is 33.3 Å². The van der Waals surface area contributed by atoms with Gasteiger partial charge in [-0.15, -0.1) is 0 Å². The molecule has 0 amide bonds. The van der Waals surface area contributed by atoms with E-state index in [4.69, 9.17) is 0 Å². The smallest absolute Gasteiger partial charge is 0.270 e. The second kappa shape index (κ2) is 4.52. The molecule has 1 aromatic carbocycles. The van der Waals surface area contributed by atoms with Crippen molar-refractivity contribution in [3.05, 3.63) is 33.9 Å². The highest BCUT2D eigenvalue weighted by atomic mass is 16.6. The van der Waals surface area contributed by atoms with Crippen LogP contribution in [0.2, 0.25) is 0 Å². The molecule has 1 aromatic rings. The summed E-state index contributed by atoms with van der Waals surface area (Å²) in [4.78, 5) is 12.4. The molecule has 6 heteroatoms. The van der Waals surface area contributed by atoms with Crippen molar-refractivity contribution in [1.82, 2.24) is 5.32 Å². The van der Waals surface area contributed by atoms with Crippen LogP contribution < -0.4 is 10.2 Å². The minimum Gasteiger partial charge on any atom is -0.370 e. The second-order valence-corrected chi connectivity index (χ2v) is 5.15. The Morgan fingerprint density at radius 1 is 1.37 bits per heavy atom. The van der Waals surface area contributed by atoms with Crippen LogP contribution in [0.15, 0.2) is 18.2 Å². The molecule has 2 aliphatic heterocycles. The molecule has 98 valence electrons. The Labute approximate surface area is 110 Å². The molecule has 1 N–H and O–H groups in total. The lowest BCUT2D eigenvalue weighted by molar-refractivity contribution is -0.384. The number of hydrogen-bond acceptors (Lipinski definition) is 5. The molecule has 2 unspecified atom stereocenters. The first kappa shape index (κ1) is 11.9. The molecule has 0 saturated carbocycles. The number of non-ortho nitro benzene ring substituents is 1. The third kappa shape index (κ3) is 2.02. The van der Waals surface area contributed by atoms with Crippen molar-refractivity contribution in [3.63, 3.8) is 0 Å². The lowest BCUT2D eigenvalue weighted by Gasteiger charge is -2.20. The van der Waals surface area contributed by atoms with Gasteiger partial charge in [-0.3, -0.25) is 10.1 Å². The molecule has 0 aromatic heterocycles. The molecule has 6 nitrogen and oxygen atoms in total. The molecule has 19 heavy (non-hydrogen) atoms. The van der Waals surface area contributed by atoms with Crippen LogP contribution in [0.5, 0.6) is 0 Å². The zero-order chi connectivity index (χ0) is 13.4. The molecule has 2 fully saturated rings. The van der Waals surface area contributed by atoms with Gasteiger partial charge in [-0.2, -0.15) is 5.26 Å². The summed E-state index contributed by atoms with van der Waals surface area (Å²) >= 11 is 0. The van der Waals surface area contributed by atoms with Crippen LogP contribution >= 0.6 is 0 Å². The average Bonchev–Trinajstić information content (AvgIpc) is 2.98. The normalized spacial score (nSPS) is 25.1. The van der Waals surface area contributed by atoms with Crippen LogP contribution in [0.25, 0.3) is 0 Å². The summed E-state index contributed by atoms with van der Waals surface area (Å²) in [6.07, 6.45) is 0. The molecule has 0 bridgehead atoms. The standard InChI is InChI=1S/C13H14N4O2/c14-4-9-3-12(17(18)19)1-2-13(9)16-7-10-5-15-6-11(10)8-16/h1-3,10-11,15H,5-8H2. The lowest BCUT2D eigenvalue weighted by Crippen LogP contribution is -2.26. The summed E-state index contributed by atoms with van der Waals surface area (Å²) in [6, 6.07) is 6.61. The van der Waals surface area contributed by atoms with Crippen molar-refractivity contribution >= 4 is 11.4 Å². The highest BCUT2D eigenvalue weighted by molar-refractivity contribution is 5.63. The molecular weight excluding hydrogens is 244 g/mol. The maximum Gasteiger partial charge on any atom is 0.270 e. The molecule has 2 atom stereocenters. The van der Waals surface area contributed by atoms with E-state index in [0.29, 0.717) is 17.4 Å². The van der Waals surface area contributed by atoms with Gasteiger partial charge in [-0.25, -0.2) is 0 Å². The van der Waals surface area contributed by atoms with Crippen molar-refractivity contribution in [2.45, 2.75) is 0 Å². The van der Waals surface area contributed by atoms with E-state index < -0.39 is 4.92 Å². The molecule has 3 rings (SSSR count). The number of rotatable bonds is 2. The van der Waals surface area contributed by atoms with E-state index >= 15 is 0 Å². The van der Waals surface area contributed by atoms with Gasteiger partial charge in [0.15, 0.2) is 0 Å². The number of fused-ring (bicyclic) bond motifs is 1. The van der Waals surface area contributed by atoms with Crippen molar-refractivity contribution < 1.29 is 4.92 Å². The second-order valence-electron chi connectivity index (χ2n) is 5.15. The van der Waals surface area contributed by atoms with Crippen molar-refractivity contribution in [2.24, 2.45) is 11.8 Å². The van der Waals surface area contributed by atoms with Crippen LogP contribution in [0.3, 0.4) is 0 Å². The summed E-state index contributed by atoms with van der Waals surface area (Å²) in [5.41, 5.74) is 1.19. The molecule has 2 aliphatic rings. The molecule has 0 spiro atoms. The Morgan fingerprint density at radius 2 is 2.05 bits per heavy atom. The Morgan fingerprint density at radius 3 is 2.63 bits per heavy atom. The summed E-state index contributed by atoms with van der Waals surface area (Å²) in [5, 5.41) is 23.3. The van der Waals surface area contributed by atoms with Gasteiger partial charge in [0.1, 0.15) is 6.07 Å². The van der Waals surface area contributed by atoms with E-state index in [1.165, 1.54) is 12.1 Å². The third-order valence-corrected chi connectivity index (χ3v) is 4.04. The van der Waals surface area contributed by atoms with Gasteiger partial charge in [0.25, 0.3) is 5.69 Å². The van der Waals surface area contributed by atoms with Gasteiger partial charge >= 0.3 is 0 Å². The predicted molar refractivity (Wildman–Crippen MR) is 69.9 cm³/mol. The summed E-state index contributed by atoms with van der Waals surface area (Å²) < 4.78 is 0. The Kier molecular flexibility index (Phi) is 2.84. The minimum atomic E-state index is -0.465. The molecule has 2 saturated heterocycles. The van der Waals surface area contributed by atoms with Crippen LogP contribution in [0.1, 0.15) is 5.56 Å². The highest BCUT2D eigenvalue weighted by Crippen LogP contribution is 2.33. The fourth-order valence-electron chi connectivity index (χ4n) is 3.05. The Bertz CT molecular complexity index is 554. The summed E-state index contributed by atoms with van der Waals surface area (Å²) in [7, 11) is 0. The van der Waals surface area contributed by atoms with Crippen molar-refractivity contribution in [2.75, 3.05) is 31.1 Å². The maximum atomic E-state index is 10.7. The monoisotopic (exact) mass is 258 g/mol. The average molecular weight is 258 g/mol.